The van der Waals surface area contributed by atoms with Gasteiger partial charge in [-0.15, -0.1) is 0 Å². The molecule has 0 aromatic heterocycles. The lowest BCUT2D eigenvalue weighted by Gasteiger charge is -2.21. The highest BCUT2D eigenvalue weighted by Crippen LogP contribution is 2.28. The molecule has 2 amide bonds. The second-order valence-electron chi connectivity index (χ2n) is 5.49. The number of hydrogen-bond acceptors (Lipinski definition) is 3. The van der Waals surface area contributed by atoms with E-state index in [0.717, 1.165) is 18.4 Å². The van der Waals surface area contributed by atoms with Crippen molar-refractivity contribution in [1.29, 1.82) is 0 Å². The summed E-state index contributed by atoms with van der Waals surface area (Å²) >= 11 is 0. The Morgan fingerprint density at radius 3 is 2.45 bits per heavy atom. The van der Waals surface area contributed by atoms with Gasteiger partial charge in [0.2, 0.25) is 11.8 Å². The van der Waals surface area contributed by atoms with Crippen molar-refractivity contribution in [2.75, 3.05) is 19.6 Å². The highest BCUT2D eigenvalue weighted by molar-refractivity contribution is 5.85. The van der Waals surface area contributed by atoms with Crippen LogP contribution in [-0.4, -0.2) is 42.4 Å². The predicted molar refractivity (Wildman–Crippen MR) is 81.5 cm³/mol. The summed E-state index contributed by atoms with van der Waals surface area (Å²) in [6.07, 6.45) is 2.15. The summed E-state index contributed by atoms with van der Waals surface area (Å²) in [5.74, 6) is -0.617. The first-order valence-corrected chi connectivity index (χ1v) is 7.60. The lowest BCUT2D eigenvalue weighted by Crippen LogP contribution is -2.42. The number of nitrogens with zero attached hydrogens (tertiary/aromatic N) is 1. The molecule has 0 radical (unpaired) electrons. The van der Waals surface area contributed by atoms with Crippen molar-refractivity contribution in [1.82, 2.24) is 15.5 Å². The zero-order valence-corrected chi connectivity index (χ0v) is 12.8. The van der Waals surface area contributed by atoms with Crippen LogP contribution in [-0.2, 0) is 16.1 Å². The minimum Gasteiger partial charge on any atom is -0.355 e. The summed E-state index contributed by atoms with van der Waals surface area (Å²) in [6, 6.07) is 6.72. The highest BCUT2D eigenvalue weighted by Gasteiger charge is 2.30. The van der Waals surface area contributed by atoms with Crippen LogP contribution < -0.4 is 10.6 Å². The Morgan fingerprint density at radius 2 is 1.86 bits per heavy atom. The minimum atomic E-state index is -0.263. The van der Waals surface area contributed by atoms with Crippen LogP contribution in [0.15, 0.2) is 24.3 Å². The van der Waals surface area contributed by atoms with Gasteiger partial charge in [0.15, 0.2) is 0 Å². The zero-order chi connectivity index (χ0) is 15.9. The lowest BCUT2D eigenvalue weighted by molar-refractivity contribution is -0.126. The molecule has 0 heterocycles. The molecule has 1 aliphatic rings. The molecule has 120 valence electrons. The van der Waals surface area contributed by atoms with Crippen molar-refractivity contribution in [2.45, 2.75) is 32.4 Å². The molecule has 2 N–H and O–H groups in total. The molecule has 1 fully saturated rings. The van der Waals surface area contributed by atoms with Crippen molar-refractivity contribution in [3.05, 3.63) is 35.6 Å². The minimum absolute atomic E-state index is 0.00171. The van der Waals surface area contributed by atoms with Gasteiger partial charge in [0.25, 0.3) is 0 Å². The number of hydrogen-bond donors (Lipinski definition) is 2. The van der Waals surface area contributed by atoms with Gasteiger partial charge in [0, 0.05) is 19.1 Å². The monoisotopic (exact) mass is 307 g/mol. The van der Waals surface area contributed by atoms with Crippen LogP contribution in [0.4, 0.5) is 4.39 Å². The normalized spacial score (nSPS) is 14.0. The van der Waals surface area contributed by atoms with Crippen LogP contribution in [0.25, 0.3) is 0 Å². The fourth-order valence-electron chi connectivity index (χ4n) is 2.26. The number of rotatable bonds is 8. The average Bonchev–Trinajstić information content (AvgIpc) is 3.32. The van der Waals surface area contributed by atoms with Gasteiger partial charge < -0.3 is 10.6 Å². The highest BCUT2D eigenvalue weighted by atomic mass is 19.1. The Balaban J connectivity index is 1.82. The Bertz CT molecular complexity index is 515. The molecule has 0 bridgehead atoms. The zero-order valence-electron chi connectivity index (χ0n) is 12.8. The van der Waals surface area contributed by atoms with Crippen LogP contribution in [0.2, 0.25) is 0 Å². The summed E-state index contributed by atoms with van der Waals surface area (Å²) in [7, 11) is 0. The van der Waals surface area contributed by atoms with E-state index in [1.807, 2.05) is 6.92 Å². The number of carbonyl (C=O) groups excluding carboxylic acids is 2. The molecular weight excluding hydrogens is 285 g/mol. The number of likely N-dealkylation sites (N-methyl/N-ethyl adjacent to an activating group) is 1. The molecule has 0 aliphatic heterocycles. The van der Waals surface area contributed by atoms with E-state index in [2.05, 4.69) is 15.5 Å². The summed E-state index contributed by atoms with van der Waals surface area (Å²) in [5.41, 5.74) is 0.977. The third-order valence-electron chi connectivity index (χ3n) is 3.53. The topological polar surface area (TPSA) is 61.4 Å². The summed E-state index contributed by atoms with van der Waals surface area (Å²) in [6.45, 7) is 3.24. The van der Waals surface area contributed by atoms with E-state index in [-0.39, 0.29) is 30.7 Å². The van der Waals surface area contributed by atoms with E-state index >= 15 is 0 Å². The van der Waals surface area contributed by atoms with Gasteiger partial charge >= 0.3 is 0 Å². The predicted octanol–water partition coefficient (Wildman–Crippen LogP) is 1.04. The number of nitrogens with one attached hydrogen (secondary N) is 2. The summed E-state index contributed by atoms with van der Waals surface area (Å²) in [5, 5.41) is 5.25. The number of amides is 2. The molecule has 0 saturated heterocycles. The van der Waals surface area contributed by atoms with Gasteiger partial charge in [-0.25, -0.2) is 4.39 Å². The van der Waals surface area contributed by atoms with Crippen LogP contribution in [0.3, 0.4) is 0 Å². The van der Waals surface area contributed by atoms with Crippen LogP contribution >= 0.6 is 0 Å². The first-order valence-electron chi connectivity index (χ1n) is 7.60. The molecule has 22 heavy (non-hydrogen) atoms. The van der Waals surface area contributed by atoms with Gasteiger partial charge in [0.05, 0.1) is 13.1 Å². The number of benzene rings is 1. The summed E-state index contributed by atoms with van der Waals surface area (Å²) < 4.78 is 12.9. The fourth-order valence-corrected chi connectivity index (χ4v) is 2.26. The Morgan fingerprint density at radius 1 is 1.18 bits per heavy atom. The average molecular weight is 307 g/mol. The number of halogens is 1. The molecule has 1 aromatic rings. The maximum absolute atomic E-state index is 12.9. The van der Waals surface area contributed by atoms with Gasteiger partial charge in [0.1, 0.15) is 5.82 Å². The van der Waals surface area contributed by atoms with E-state index in [9.17, 15) is 14.0 Å². The van der Waals surface area contributed by atoms with Crippen molar-refractivity contribution in [2.24, 2.45) is 0 Å². The second-order valence-corrected chi connectivity index (χ2v) is 5.49. The lowest BCUT2D eigenvalue weighted by atomic mass is 10.2. The van der Waals surface area contributed by atoms with Gasteiger partial charge in [-0.1, -0.05) is 12.1 Å². The molecule has 0 spiro atoms. The van der Waals surface area contributed by atoms with Crippen molar-refractivity contribution in [3.63, 3.8) is 0 Å². The first-order chi connectivity index (χ1) is 10.6. The largest absolute Gasteiger partial charge is 0.355 e. The fraction of sp³-hybridized carbons (Fsp3) is 0.500. The van der Waals surface area contributed by atoms with Crippen LogP contribution in [0.1, 0.15) is 25.3 Å². The van der Waals surface area contributed by atoms with Crippen molar-refractivity contribution < 1.29 is 14.0 Å². The molecule has 0 atom stereocenters. The van der Waals surface area contributed by atoms with E-state index in [4.69, 9.17) is 0 Å². The van der Waals surface area contributed by atoms with Crippen LogP contribution in [0.5, 0.6) is 0 Å². The van der Waals surface area contributed by atoms with Gasteiger partial charge in [-0.2, -0.15) is 0 Å². The SMILES string of the molecule is CCNC(=O)CNC(=O)CN(Cc1ccc(F)cc1)C1CC1. The smallest absolute Gasteiger partial charge is 0.239 e. The van der Waals surface area contributed by atoms with Crippen molar-refractivity contribution >= 4 is 11.8 Å². The van der Waals surface area contributed by atoms with Crippen molar-refractivity contribution in [3.8, 4) is 0 Å². The Labute approximate surface area is 129 Å². The number of carbonyl (C=O) groups is 2. The third kappa shape index (κ3) is 5.44. The van der Waals surface area contributed by atoms with Gasteiger partial charge in [-0.05, 0) is 37.5 Å². The first kappa shape index (κ1) is 16.4. The van der Waals surface area contributed by atoms with E-state index in [0.29, 0.717) is 19.1 Å². The molecule has 6 heteroatoms. The maximum atomic E-state index is 12.9. The van der Waals surface area contributed by atoms with Crippen LogP contribution in [0, 0.1) is 5.82 Å². The summed E-state index contributed by atoms with van der Waals surface area (Å²) in [4.78, 5) is 25.3. The maximum Gasteiger partial charge on any atom is 0.239 e. The Hall–Kier alpha value is -1.95. The van der Waals surface area contributed by atoms with E-state index < -0.39 is 0 Å². The standard InChI is InChI=1S/C16H22FN3O2/c1-2-18-15(21)9-19-16(22)11-20(14-7-8-14)10-12-3-5-13(17)6-4-12/h3-6,14H,2,7-11H2,1H3,(H,18,21)(H,19,22). The second kappa shape index (κ2) is 7.89. The molecule has 0 unspecified atom stereocenters. The molecular formula is C16H22FN3O2. The molecule has 1 saturated carbocycles. The van der Waals surface area contributed by atoms with E-state index in [1.165, 1.54) is 12.1 Å². The molecule has 2 rings (SSSR count). The molecule has 1 aromatic carbocycles. The van der Waals surface area contributed by atoms with Gasteiger partial charge in [-0.3, -0.25) is 14.5 Å². The Kier molecular flexibility index (Phi) is 5.89. The van der Waals surface area contributed by atoms with E-state index in [1.54, 1.807) is 12.1 Å². The molecule has 5 nitrogen and oxygen atoms in total. The third-order valence-corrected chi connectivity index (χ3v) is 3.53. The molecule has 1 aliphatic carbocycles. The quantitative estimate of drug-likeness (QED) is 0.754.